The molecule has 1 unspecified atom stereocenters. The van der Waals surface area contributed by atoms with E-state index in [0.717, 1.165) is 24.9 Å². The molecule has 1 aromatic heterocycles. The number of rotatable bonds is 7. The fraction of sp³-hybridized carbons (Fsp3) is 0.714. The Bertz CT molecular complexity index is 291. The van der Waals surface area contributed by atoms with Gasteiger partial charge in [-0.25, -0.2) is 0 Å². The number of hydrogen-bond donors (Lipinski definition) is 1. The predicted molar refractivity (Wildman–Crippen MR) is 69.9 cm³/mol. The molecule has 0 aromatic carbocycles. The van der Waals surface area contributed by atoms with Gasteiger partial charge in [0.25, 0.3) is 0 Å². The summed E-state index contributed by atoms with van der Waals surface area (Å²) in [6, 6.07) is 4.80. The molecule has 0 saturated carbocycles. The lowest BCUT2D eigenvalue weighted by molar-refractivity contribution is 0.247. The van der Waals surface area contributed by atoms with E-state index in [1.165, 1.54) is 38.8 Å². The predicted octanol–water partition coefficient (Wildman–Crippen LogP) is 2.63. The van der Waals surface area contributed by atoms with Gasteiger partial charge in [0.05, 0.1) is 12.8 Å². The quantitative estimate of drug-likeness (QED) is 0.789. The molecule has 1 aliphatic heterocycles. The van der Waals surface area contributed by atoms with Crippen molar-refractivity contribution in [3.63, 3.8) is 0 Å². The van der Waals surface area contributed by atoms with E-state index in [2.05, 4.69) is 23.2 Å². The molecule has 3 nitrogen and oxygen atoms in total. The standard InChI is InChI=1S/C14H24N2O/c1-2-16(12-14-8-5-11-17-14)10-4-7-13-6-3-9-15-13/h5,8,11,13,15H,2-4,6-7,9-10,12H2,1H3. The van der Waals surface area contributed by atoms with Crippen molar-refractivity contribution in [1.29, 1.82) is 0 Å². The zero-order valence-corrected chi connectivity index (χ0v) is 10.8. The third kappa shape index (κ3) is 4.17. The fourth-order valence-corrected chi connectivity index (χ4v) is 2.54. The first-order chi connectivity index (χ1) is 8.38. The van der Waals surface area contributed by atoms with Crippen molar-refractivity contribution in [2.75, 3.05) is 19.6 Å². The Morgan fingerprint density at radius 2 is 2.47 bits per heavy atom. The first kappa shape index (κ1) is 12.7. The van der Waals surface area contributed by atoms with Crippen LogP contribution in [0.3, 0.4) is 0 Å². The van der Waals surface area contributed by atoms with Gasteiger partial charge in [0.15, 0.2) is 0 Å². The van der Waals surface area contributed by atoms with Gasteiger partial charge in [0, 0.05) is 6.04 Å². The van der Waals surface area contributed by atoms with Gasteiger partial charge in [-0.05, 0) is 57.5 Å². The van der Waals surface area contributed by atoms with Crippen LogP contribution in [-0.2, 0) is 6.54 Å². The summed E-state index contributed by atoms with van der Waals surface area (Å²) in [5, 5.41) is 3.56. The van der Waals surface area contributed by atoms with Crippen LogP contribution in [0.15, 0.2) is 22.8 Å². The topological polar surface area (TPSA) is 28.4 Å². The molecule has 2 rings (SSSR count). The number of nitrogens with one attached hydrogen (secondary N) is 1. The first-order valence-corrected chi connectivity index (χ1v) is 6.86. The molecule has 0 spiro atoms. The van der Waals surface area contributed by atoms with Crippen molar-refractivity contribution < 1.29 is 4.42 Å². The molecule has 3 heteroatoms. The summed E-state index contributed by atoms with van der Waals surface area (Å²) in [5.41, 5.74) is 0. The third-order valence-electron chi connectivity index (χ3n) is 3.60. The first-order valence-electron chi connectivity index (χ1n) is 6.86. The van der Waals surface area contributed by atoms with Crippen molar-refractivity contribution in [3.8, 4) is 0 Å². The summed E-state index contributed by atoms with van der Waals surface area (Å²) in [7, 11) is 0. The molecule has 1 aromatic rings. The number of furan rings is 1. The number of nitrogens with zero attached hydrogens (tertiary/aromatic N) is 1. The summed E-state index contributed by atoms with van der Waals surface area (Å²) >= 11 is 0. The Kier molecular flexibility index (Phi) is 5.08. The van der Waals surface area contributed by atoms with Crippen LogP contribution in [0.2, 0.25) is 0 Å². The summed E-state index contributed by atoms with van der Waals surface area (Å²) in [6.07, 6.45) is 7.07. The molecule has 1 N–H and O–H groups in total. The van der Waals surface area contributed by atoms with E-state index < -0.39 is 0 Å². The second-order valence-electron chi connectivity index (χ2n) is 4.88. The highest BCUT2D eigenvalue weighted by Gasteiger charge is 2.14. The Hall–Kier alpha value is -0.800. The van der Waals surface area contributed by atoms with Crippen LogP contribution in [0.5, 0.6) is 0 Å². The highest BCUT2D eigenvalue weighted by atomic mass is 16.3. The molecular weight excluding hydrogens is 212 g/mol. The molecule has 96 valence electrons. The van der Waals surface area contributed by atoms with Gasteiger partial charge in [0.1, 0.15) is 5.76 Å². The van der Waals surface area contributed by atoms with E-state index in [0.29, 0.717) is 0 Å². The van der Waals surface area contributed by atoms with Gasteiger partial charge in [-0.1, -0.05) is 6.92 Å². The molecule has 1 atom stereocenters. The lowest BCUT2D eigenvalue weighted by atomic mass is 10.1. The fourth-order valence-electron chi connectivity index (χ4n) is 2.54. The minimum absolute atomic E-state index is 0.775. The molecule has 0 bridgehead atoms. The summed E-state index contributed by atoms with van der Waals surface area (Å²) in [4.78, 5) is 2.45. The molecular formula is C14H24N2O. The molecule has 0 aliphatic carbocycles. The van der Waals surface area contributed by atoms with E-state index in [4.69, 9.17) is 4.42 Å². The monoisotopic (exact) mass is 236 g/mol. The number of hydrogen-bond acceptors (Lipinski definition) is 3. The van der Waals surface area contributed by atoms with Crippen LogP contribution < -0.4 is 5.32 Å². The zero-order valence-electron chi connectivity index (χ0n) is 10.8. The SMILES string of the molecule is CCN(CCCC1CCCN1)Cc1ccco1. The van der Waals surface area contributed by atoms with E-state index in [-0.39, 0.29) is 0 Å². The van der Waals surface area contributed by atoms with E-state index in [1.807, 2.05) is 6.07 Å². The smallest absolute Gasteiger partial charge is 0.117 e. The van der Waals surface area contributed by atoms with Crippen LogP contribution in [0.4, 0.5) is 0 Å². The maximum atomic E-state index is 5.39. The average Bonchev–Trinajstić information content (AvgIpc) is 3.00. The van der Waals surface area contributed by atoms with Crippen LogP contribution >= 0.6 is 0 Å². The van der Waals surface area contributed by atoms with Crippen LogP contribution in [0, 0.1) is 0 Å². The average molecular weight is 236 g/mol. The van der Waals surface area contributed by atoms with E-state index in [1.54, 1.807) is 6.26 Å². The molecule has 17 heavy (non-hydrogen) atoms. The van der Waals surface area contributed by atoms with Gasteiger partial charge >= 0.3 is 0 Å². The molecule has 0 radical (unpaired) electrons. The molecule has 1 saturated heterocycles. The highest BCUT2D eigenvalue weighted by molar-refractivity contribution is 4.97. The van der Waals surface area contributed by atoms with Gasteiger partial charge in [-0.3, -0.25) is 4.90 Å². The maximum absolute atomic E-state index is 5.39. The van der Waals surface area contributed by atoms with Crippen molar-refractivity contribution in [3.05, 3.63) is 24.2 Å². The van der Waals surface area contributed by atoms with Gasteiger partial charge in [-0.2, -0.15) is 0 Å². The summed E-state index contributed by atoms with van der Waals surface area (Å²) in [5.74, 6) is 1.07. The molecule has 2 heterocycles. The van der Waals surface area contributed by atoms with Crippen LogP contribution in [-0.4, -0.2) is 30.6 Å². The third-order valence-corrected chi connectivity index (χ3v) is 3.60. The van der Waals surface area contributed by atoms with E-state index >= 15 is 0 Å². The van der Waals surface area contributed by atoms with Crippen LogP contribution in [0.1, 0.15) is 38.4 Å². The van der Waals surface area contributed by atoms with Crippen molar-refractivity contribution in [2.45, 2.75) is 45.2 Å². The molecule has 1 fully saturated rings. The Morgan fingerprint density at radius 3 is 3.12 bits per heavy atom. The summed E-state index contributed by atoms with van der Waals surface area (Å²) in [6.45, 7) is 6.65. The van der Waals surface area contributed by atoms with Crippen LogP contribution in [0.25, 0.3) is 0 Å². The highest BCUT2D eigenvalue weighted by Crippen LogP contribution is 2.12. The lowest BCUT2D eigenvalue weighted by Crippen LogP contribution is -2.26. The van der Waals surface area contributed by atoms with Gasteiger partial charge < -0.3 is 9.73 Å². The molecule has 1 aliphatic rings. The largest absolute Gasteiger partial charge is 0.468 e. The lowest BCUT2D eigenvalue weighted by Gasteiger charge is -2.20. The normalized spacial score (nSPS) is 20.2. The van der Waals surface area contributed by atoms with Crippen molar-refractivity contribution >= 4 is 0 Å². The minimum Gasteiger partial charge on any atom is -0.468 e. The van der Waals surface area contributed by atoms with Gasteiger partial charge in [0.2, 0.25) is 0 Å². The summed E-state index contributed by atoms with van der Waals surface area (Å²) < 4.78 is 5.39. The Labute approximate surface area is 104 Å². The molecule has 0 amide bonds. The Morgan fingerprint density at radius 1 is 1.53 bits per heavy atom. The second-order valence-corrected chi connectivity index (χ2v) is 4.88. The van der Waals surface area contributed by atoms with E-state index in [9.17, 15) is 0 Å². The van der Waals surface area contributed by atoms with Gasteiger partial charge in [-0.15, -0.1) is 0 Å². The van der Waals surface area contributed by atoms with Crippen molar-refractivity contribution in [2.24, 2.45) is 0 Å². The zero-order chi connectivity index (χ0) is 11.9. The Balaban J connectivity index is 1.64. The maximum Gasteiger partial charge on any atom is 0.117 e. The second kappa shape index (κ2) is 6.82. The minimum atomic E-state index is 0.775. The van der Waals surface area contributed by atoms with Crippen molar-refractivity contribution in [1.82, 2.24) is 10.2 Å².